The number of urea groups is 1. The Morgan fingerprint density at radius 3 is 2.52 bits per heavy atom. The Morgan fingerprint density at radius 2 is 1.90 bits per heavy atom. The van der Waals surface area contributed by atoms with E-state index in [-0.39, 0.29) is 6.03 Å². The van der Waals surface area contributed by atoms with Gasteiger partial charge in [-0.2, -0.15) is 0 Å². The summed E-state index contributed by atoms with van der Waals surface area (Å²) in [7, 11) is 0. The molecule has 2 amide bonds. The van der Waals surface area contributed by atoms with Crippen molar-refractivity contribution in [2.75, 3.05) is 12.3 Å². The van der Waals surface area contributed by atoms with Gasteiger partial charge in [0.1, 0.15) is 0 Å². The molecule has 0 aromatic heterocycles. The predicted molar refractivity (Wildman–Crippen MR) is 89.5 cm³/mol. The van der Waals surface area contributed by atoms with Gasteiger partial charge in [-0.25, -0.2) is 4.79 Å². The van der Waals surface area contributed by atoms with E-state index in [0.717, 1.165) is 37.5 Å². The zero-order chi connectivity index (χ0) is 15.1. The molecular formula is C17H26N2OS. The van der Waals surface area contributed by atoms with Crippen molar-refractivity contribution in [3.05, 3.63) is 30.3 Å². The van der Waals surface area contributed by atoms with Gasteiger partial charge in [0.05, 0.1) is 0 Å². The standard InChI is InChI=1S/C17H26N2OS/c1-14-8-10-15(11-9-14)19(17(18)20)12-5-13-21-16-6-3-2-4-7-16/h2-4,6-7,14-15H,5,8-13H2,1H3,(H2,18,20)/t14-,15-. The molecule has 0 unspecified atom stereocenters. The van der Waals surface area contributed by atoms with Crippen LogP contribution in [-0.4, -0.2) is 29.3 Å². The van der Waals surface area contributed by atoms with Crippen molar-refractivity contribution in [3.8, 4) is 0 Å². The largest absolute Gasteiger partial charge is 0.351 e. The third-order valence-corrected chi connectivity index (χ3v) is 5.36. The van der Waals surface area contributed by atoms with Crippen LogP contribution in [-0.2, 0) is 0 Å². The molecule has 0 spiro atoms. The minimum absolute atomic E-state index is 0.251. The predicted octanol–water partition coefficient (Wildman–Crippen LogP) is 4.13. The first-order valence-corrected chi connectivity index (χ1v) is 8.89. The van der Waals surface area contributed by atoms with E-state index in [4.69, 9.17) is 5.73 Å². The van der Waals surface area contributed by atoms with Crippen molar-refractivity contribution >= 4 is 17.8 Å². The summed E-state index contributed by atoms with van der Waals surface area (Å²) >= 11 is 1.84. The van der Waals surface area contributed by atoms with Crippen molar-refractivity contribution in [1.29, 1.82) is 0 Å². The minimum atomic E-state index is -0.251. The third-order valence-electron chi connectivity index (χ3n) is 4.26. The molecule has 1 saturated carbocycles. The van der Waals surface area contributed by atoms with Crippen LogP contribution in [0, 0.1) is 5.92 Å². The number of hydrogen-bond acceptors (Lipinski definition) is 2. The fraction of sp³-hybridized carbons (Fsp3) is 0.588. The Labute approximate surface area is 132 Å². The molecule has 116 valence electrons. The number of nitrogens with two attached hydrogens (primary N) is 1. The van der Waals surface area contributed by atoms with Crippen LogP contribution in [0.15, 0.2) is 35.2 Å². The second kappa shape index (κ2) is 8.32. The van der Waals surface area contributed by atoms with E-state index in [9.17, 15) is 4.79 Å². The smallest absolute Gasteiger partial charge is 0.315 e. The number of primary amides is 1. The van der Waals surface area contributed by atoms with Gasteiger partial charge in [-0.05, 0) is 55.9 Å². The Morgan fingerprint density at radius 1 is 1.24 bits per heavy atom. The molecule has 21 heavy (non-hydrogen) atoms. The lowest BCUT2D eigenvalue weighted by molar-refractivity contribution is 0.153. The molecule has 1 aromatic carbocycles. The topological polar surface area (TPSA) is 46.3 Å². The number of nitrogens with zero attached hydrogens (tertiary/aromatic N) is 1. The van der Waals surface area contributed by atoms with Crippen LogP contribution in [0.3, 0.4) is 0 Å². The zero-order valence-corrected chi connectivity index (χ0v) is 13.6. The molecule has 1 aliphatic rings. The fourth-order valence-corrected chi connectivity index (χ4v) is 3.83. The van der Waals surface area contributed by atoms with E-state index in [1.165, 1.54) is 17.7 Å². The van der Waals surface area contributed by atoms with Crippen LogP contribution in [0.5, 0.6) is 0 Å². The van der Waals surface area contributed by atoms with E-state index in [0.29, 0.717) is 6.04 Å². The van der Waals surface area contributed by atoms with E-state index in [1.54, 1.807) is 0 Å². The molecular weight excluding hydrogens is 280 g/mol. The summed E-state index contributed by atoms with van der Waals surface area (Å²) in [5.41, 5.74) is 5.58. The highest BCUT2D eigenvalue weighted by molar-refractivity contribution is 7.99. The fourth-order valence-electron chi connectivity index (χ4n) is 2.97. The van der Waals surface area contributed by atoms with Crippen LogP contribution in [0.1, 0.15) is 39.0 Å². The maximum atomic E-state index is 11.7. The van der Waals surface area contributed by atoms with Gasteiger partial charge >= 0.3 is 6.03 Å². The molecule has 4 heteroatoms. The number of rotatable bonds is 6. The summed E-state index contributed by atoms with van der Waals surface area (Å²) in [6, 6.07) is 10.5. The zero-order valence-electron chi connectivity index (χ0n) is 12.8. The molecule has 0 atom stereocenters. The monoisotopic (exact) mass is 306 g/mol. The molecule has 0 bridgehead atoms. The van der Waals surface area contributed by atoms with Crippen LogP contribution in [0.2, 0.25) is 0 Å². The van der Waals surface area contributed by atoms with Crippen LogP contribution < -0.4 is 5.73 Å². The minimum Gasteiger partial charge on any atom is -0.351 e. The highest BCUT2D eigenvalue weighted by atomic mass is 32.2. The van der Waals surface area contributed by atoms with Gasteiger partial charge in [-0.3, -0.25) is 0 Å². The first kappa shape index (κ1) is 16.2. The maximum absolute atomic E-state index is 11.7. The van der Waals surface area contributed by atoms with E-state index >= 15 is 0 Å². The van der Waals surface area contributed by atoms with Crippen molar-refractivity contribution < 1.29 is 4.79 Å². The highest BCUT2D eigenvalue weighted by Crippen LogP contribution is 2.27. The second-order valence-electron chi connectivity index (χ2n) is 5.96. The lowest BCUT2D eigenvalue weighted by Crippen LogP contribution is -2.45. The van der Waals surface area contributed by atoms with Gasteiger partial charge in [0, 0.05) is 17.5 Å². The Balaban J connectivity index is 1.74. The Bertz CT molecular complexity index is 430. The number of benzene rings is 1. The molecule has 0 aliphatic heterocycles. The lowest BCUT2D eigenvalue weighted by Gasteiger charge is -2.35. The van der Waals surface area contributed by atoms with Crippen LogP contribution in [0.4, 0.5) is 4.79 Å². The molecule has 2 N–H and O–H groups in total. The molecule has 2 rings (SSSR count). The van der Waals surface area contributed by atoms with Crippen LogP contribution >= 0.6 is 11.8 Å². The average molecular weight is 306 g/mol. The lowest BCUT2D eigenvalue weighted by atomic mass is 9.86. The molecule has 1 aromatic rings. The third kappa shape index (κ3) is 5.27. The highest BCUT2D eigenvalue weighted by Gasteiger charge is 2.25. The van der Waals surface area contributed by atoms with Crippen molar-refractivity contribution in [2.24, 2.45) is 11.7 Å². The van der Waals surface area contributed by atoms with Gasteiger partial charge in [-0.15, -0.1) is 11.8 Å². The normalized spacial score (nSPS) is 22.0. The quantitative estimate of drug-likeness (QED) is 0.634. The summed E-state index contributed by atoms with van der Waals surface area (Å²) < 4.78 is 0. The van der Waals surface area contributed by atoms with E-state index in [2.05, 4.69) is 31.2 Å². The SMILES string of the molecule is C[C@H]1CC[C@H](N(CCCSc2ccccc2)C(N)=O)CC1. The van der Waals surface area contributed by atoms with Crippen molar-refractivity contribution in [1.82, 2.24) is 4.90 Å². The van der Waals surface area contributed by atoms with E-state index in [1.807, 2.05) is 22.7 Å². The first-order valence-electron chi connectivity index (χ1n) is 7.90. The van der Waals surface area contributed by atoms with E-state index < -0.39 is 0 Å². The summed E-state index contributed by atoms with van der Waals surface area (Å²) in [5.74, 6) is 1.82. The molecule has 1 aliphatic carbocycles. The second-order valence-corrected chi connectivity index (χ2v) is 7.13. The number of amides is 2. The van der Waals surface area contributed by atoms with Gasteiger partial charge in [0.25, 0.3) is 0 Å². The molecule has 3 nitrogen and oxygen atoms in total. The van der Waals surface area contributed by atoms with Gasteiger partial charge in [0.2, 0.25) is 0 Å². The molecule has 0 radical (unpaired) electrons. The summed E-state index contributed by atoms with van der Waals surface area (Å²) in [6.07, 6.45) is 5.64. The molecule has 1 fully saturated rings. The summed E-state index contributed by atoms with van der Waals surface area (Å²) in [5, 5.41) is 0. The molecule has 0 heterocycles. The molecule has 0 saturated heterocycles. The average Bonchev–Trinajstić information content (AvgIpc) is 2.49. The summed E-state index contributed by atoms with van der Waals surface area (Å²) in [4.78, 5) is 14.9. The number of thioether (sulfide) groups is 1. The Kier molecular flexibility index (Phi) is 6.43. The number of hydrogen-bond donors (Lipinski definition) is 1. The van der Waals surface area contributed by atoms with Crippen LogP contribution in [0.25, 0.3) is 0 Å². The van der Waals surface area contributed by atoms with Crippen molar-refractivity contribution in [2.45, 2.75) is 50.0 Å². The maximum Gasteiger partial charge on any atom is 0.315 e. The number of carbonyl (C=O) groups is 1. The van der Waals surface area contributed by atoms with Crippen molar-refractivity contribution in [3.63, 3.8) is 0 Å². The Hall–Kier alpha value is -1.16. The van der Waals surface area contributed by atoms with Gasteiger partial charge in [0.15, 0.2) is 0 Å². The number of carbonyl (C=O) groups excluding carboxylic acids is 1. The first-order chi connectivity index (χ1) is 10.2. The van der Waals surface area contributed by atoms with Gasteiger partial charge in [-0.1, -0.05) is 25.1 Å². The summed E-state index contributed by atoms with van der Waals surface area (Å²) in [6.45, 7) is 3.08. The van der Waals surface area contributed by atoms with Gasteiger partial charge < -0.3 is 10.6 Å².